The van der Waals surface area contributed by atoms with Crippen molar-refractivity contribution < 1.29 is 9.53 Å². The van der Waals surface area contributed by atoms with Gasteiger partial charge < -0.3 is 10.5 Å². The highest BCUT2D eigenvalue weighted by Gasteiger charge is 2.16. The molecule has 0 aliphatic carbocycles. The number of amides is 1. The van der Waals surface area contributed by atoms with Gasteiger partial charge in [0, 0.05) is 0 Å². The molecule has 1 amide bonds. The van der Waals surface area contributed by atoms with E-state index in [4.69, 9.17) is 5.73 Å². The molecule has 1 aliphatic rings. The SMILES string of the molecule is NC(=O)C1NN=CO1. The zero-order chi connectivity index (χ0) is 5.98. The lowest BCUT2D eigenvalue weighted by atomic mass is 10.6. The first-order valence-corrected chi connectivity index (χ1v) is 2.02. The number of nitrogens with one attached hydrogen (secondary N) is 1. The molecule has 0 spiro atoms. The normalized spacial score (nSPS) is 24.2. The summed E-state index contributed by atoms with van der Waals surface area (Å²) in [6.45, 7) is 0. The lowest BCUT2D eigenvalue weighted by Crippen LogP contribution is -2.36. The van der Waals surface area contributed by atoms with Crippen molar-refractivity contribution >= 4 is 12.3 Å². The Hall–Kier alpha value is -1.26. The third kappa shape index (κ3) is 0.699. The summed E-state index contributed by atoms with van der Waals surface area (Å²) in [5, 5.41) is 3.39. The number of ether oxygens (including phenoxy) is 1. The van der Waals surface area contributed by atoms with Crippen LogP contribution in [0.3, 0.4) is 0 Å². The average molecular weight is 115 g/mol. The van der Waals surface area contributed by atoms with Crippen molar-refractivity contribution in [2.75, 3.05) is 0 Å². The Labute approximate surface area is 45.5 Å². The monoisotopic (exact) mass is 115 g/mol. The maximum absolute atomic E-state index is 10.2. The van der Waals surface area contributed by atoms with E-state index in [9.17, 15) is 4.79 Å². The van der Waals surface area contributed by atoms with Crippen LogP contribution in [-0.2, 0) is 9.53 Å². The number of hydrogen-bond donors (Lipinski definition) is 2. The standard InChI is InChI=1S/C3H5N3O2/c4-2(7)3-6-5-1-8-3/h1,3,6H,(H2,4,7). The molecule has 1 atom stereocenters. The molecule has 0 aromatic rings. The van der Waals surface area contributed by atoms with E-state index in [1.54, 1.807) is 0 Å². The number of primary amides is 1. The Kier molecular flexibility index (Phi) is 1.03. The molecule has 1 rings (SSSR count). The first-order chi connectivity index (χ1) is 3.80. The number of nitrogens with zero attached hydrogens (tertiary/aromatic N) is 1. The van der Waals surface area contributed by atoms with Crippen molar-refractivity contribution in [1.82, 2.24) is 5.43 Å². The first kappa shape index (κ1) is 4.89. The summed E-state index contributed by atoms with van der Waals surface area (Å²) in [6, 6.07) is 0. The van der Waals surface area contributed by atoms with Gasteiger partial charge in [-0.3, -0.25) is 10.2 Å². The molecule has 5 nitrogen and oxygen atoms in total. The molecule has 0 radical (unpaired) electrons. The molecule has 0 saturated heterocycles. The summed E-state index contributed by atoms with van der Waals surface area (Å²) in [4.78, 5) is 10.2. The van der Waals surface area contributed by atoms with Crippen LogP contribution in [0.2, 0.25) is 0 Å². The van der Waals surface area contributed by atoms with Crippen molar-refractivity contribution in [2.45, 2.75) is 6.23 Å². The Balaban J connectivity index is 2.41. The molecule has 44 valence electrons. The molecule has 0 aromatic carbocycles. The number of hydrogen-bond acceptors (Lipinski definition) is 4. The molecular formula is C3H5N3O2. The van der Waals surface area contributed by atoms with Gasteiger partial charge in [0.2, 0.25) is 0 Å². The summed E-state index contributed by atoms with van der Waals surface area (Å²) in [7, 11) is 0. The minimum Gasteiger partial charge on any atom is -0.448 e. The second-order valence-corrected chi connectivity index (χ2v) is 1.28. The second kappa shape index (κ2) is 1.69. The molecular weight excluding hydrogens is 110 g/mol. The molecule has 0 saturated carbocycles. The van der Waals surface area contributed by atoms with Gasteiger partial charge in [-0.15, -0.1) is 5.10 Å². The van der Waals surface area contributed by atoms with Gasteiger partial charge in [0.25, 0.3) is 12.1 Å². The Bertz CT molecular complexity index is 124. The summed E-state index contributed by atoms with van der Waals surface area (Å²) < 4.78 is 4.54. The predicted molar refractivity (Wildman–Crippen MR) is 25.7 cm³/mol. The fourth-order valence-corrected chi connectivity index (χ4v) is 0.351. The zero-order valence-corrected chi connectivity index (χ0v) is 4.00. The van der Waals surface area contributed by atoms with E-state index in [0.717, 1.165) is 6.40 Å². The highest BCUT2D eigenvalue weighted by Crippen LogP contribution is 1.88. The van der Waals surface area contributed by atoms with Crippen LogP contribution in [0.5, 0.6) is 0 Å². The molecule has 0 fully saturated rings. The van der Waals surface area contributed by atoms with Gasteiger partial charge in [0.1, 0.15) is 0 Å². The minimum atomic E-state index is -0.769. The van der Waals surface area contributed by atoms with Crippen LogP contribution in [-0.4, -0.2) is 18.5 Å². The average Bonchev–Trinajstić information content (AvgIpc) is 2.12. The molecule has 0 aromatic heterocycles. The van der Waals surface area contributed by atoms with Crippen LogP contribution in [0.15, 0.2) is 5.10 Å². The molecule has 0 bridgehead atoms. The quantitative estimate of drug-likeness (QED) is 0.430. The number of carbonyl (C=O) groups is 1. The summed E-state index contributed by atoms with van der Waals surface area (Å²) in [5.74, 6) is -0.567. The minimum absolute atomic E-state index is 0.567. The topological polar surface area (TPSA) is 76.7 Å². The fraction of sp³-hybridized carbons (Fsp3) is 0.333. The van der Waals surface area contributed by atoms with Crippen molar-refractivity contribution in [2.24, 2.45) is 10.8 Å². The van der Waals surface area contributed by atoms with E-state index in [-0.39, 0.29) is 0 Å². The molecule has 1 heterocycles. The summed E-state index contributed by atoms with van der Waals surface area (Å²) in [6.07, 6.45) is 0.366. The van der Waals surface area contributed by atoms with Crippen molar-refractivity contribution in [3.05, 3.63) is 0 Å². The maximum Gasteiger partial charge on any atom is 0.281 e. The van der Waals surface area contributed by atoms with Gasteiger partial charge in [-0.2, -0.15) is 0 Å². The molecule has 8 heavy (non-hydrogen) atoms. The van der Waals surface area contributed by atoms with E-state index in [1.165, 1.54) is 0 Å². The fourth-order valence-electron chi connectivity index (χ4n) is 0.351. The number of nitrogens with two attached hydrogens (primary N) is 1. The summed E-state index contributed by atoms with van der Waals surface area (Å²) in [5.41, 5.74) is 7.12. The number of hydrazone groups is 1. The van der Waals surface area contributed by atoms with Crippen LogP contribution in [0.1, 0.15) is 0 Å². The number of carbonyl (C=O) groups excluding carboxylic acids is 1. The van der Waals surface area contributed by atoms with Crippen LogP contribution in [0.4, 0.5) is 0 Å². The van der Waals surface area contributed by atoms with Gasteiger partial charge in [-0.25, -0.2) is 0 Å². The third-order valence-corrected chi connectivity index (χ3v) is 0.700. The van der Waals surface area contributed by atoms with Crippen LogP contribution in [0, 0.1) is 0 Å². The van der Waals surface area contributed by atoms with Crippen molar-refractivity contribution in [3.8, 4) is 0 Å². The van der Waals surface area contributed by atoms with Crippen molar-refractivity contribution in [3.63, 3.8) is 0 Å². The number of rotatable bonds is 1. The lowest BCUT2D eigenvalue weighted by Gasteiger charge is -2.01. The van der Waals surface area contributed by atoms with E-state index in [1.807, 2.05) is 0 Å². The molecule has 1 aliphatic heterocycles. The lowest BCUT2D eigenvalue weighted by molar-refractivity contribution is -0.125. The Morgan fingerprint density at radius 3 is 3.00 bits per heavy atom. The zero-order valence-electron chi connectivity index (χ0n) is 4.00. The van der Waals surface area contributed by atoms with E-state index in [2.05, 4.69) is 15.3 Å². The van der Waals surface area contributed by atoms with Crippen LogP contribution in [0.25, 0.3) is 0 Å². The van der Waals surface area contributed by atoms with Gasteiger partial charge in [0.15, 0.2) is 6.40 Å². The Morgan fingerprint density at radius 1 is 2.00 bits per heavy atom. The van der Waals surface area contributed by atoms with E-state index >= 15 is 0 Å². The second-order valence-electron chi connectivity index (χ2n) is 1.28. The highest BCUT2D eigenvalue weighted by atomic mass is 16.5. The van der Waals surface area contributed by atoms with Gasteiger partial charge in [0.05, 0.1) is 0 Å². The molecule has 3 N–H and O–H groups in total. The predicted octanol–water partition coefficient (Wildman–Crippen LogP) is -1.64. The van der Waals surface area contributed by atoms with Crippen LogP contribution >= 0.6 is 0 Å². The van der Waals surface area contributed by atoms with Gasteiger partial charge >= 0.3 is 0 Å². The largest absolute Gasteiger partial charge is 0.448 e. The summed E-state index contributed by atoms with van der Waals surface area (Å²) >= 11 is 0. The van der Waals surface area contributed by atoms with E-state index in [0.29, 0.717) is 0 Å². The third-order valence-electron chi connectivity index (χ3n) is 0.700. The van der Waals surface area contributed by atoms with Crippen LogP contribution < -0.4 is 11.2 Å². The smallest absolute Gasteiger partial charge is 0.281 e. The van der Waals surface area contributed by atoms with Crippen molar-refractivity contribution in [1.29, 1.82) is 0 Å². The van der Waals surface area contributed by atoms with Gasteiger partial charge in [-0.05, 0) is 0 Å². The highest BCUT2D eigenvalue weighted by molar-refractivity contribution is 5.80. The molecule has 5 heteroatoms. The van der Waals surface area contributed by atoms with E-state index < -0.39 is 12.1 Å². The first-order valence-electron chi connectivity index (χ1n) is 2.02. The maximum atomic E-state index is 10.2. The molecule has 1 unspecified atom stereocenters. The Morgan fingerprint density at radius 2 is 2.75 bits per heavy atom. The van der Waals surface area contributed by atoms with Gasteiger partial charge in [-0.1, -0.05) is 0 Å².